The summed E-state index contributed by atoms with van der Waals surface area (Å²) in [5.74, 6) is 0. The number of hydrogen-bond acceptors (Lipinski definition) is 6. The van der Waals surface area contributed by atoms with Crippen LogP contribution in [0.25, 0.3) is 0 Å². The topological polar surface area (TPSA) is 52.2 Å². The third-order valence-corrected chi connectivity index (χ3v) is 3.98. The molecule has 1 fully saturated rings. The Balaban J connectivity index is -0.000000604. The molecule has 1 saturated heterocycles. The minimum absolute atomic E-state index is 0.0546. The van der Waals surface area contributed by atoms with E-state index in [0.29, 0.717) is 6.61 Å². The molecule has 7 heteroatoms. The van der Waals surface area contributed by atoms with Crippen LogP contribution < -0.4 is 5.43 Å². The number of nitrogens with zero attached hydrogens (tertiary/aromatic N) is 1. The minimum Gasteiger partial charge on any atom is -0.398 e. The van der Waals surface area contributed by atoms with Crippen LogP contribution in [0.2, 0.25) is 0 Å². The Labute approximate surface area is 176 Å². The number of hydrazine groups is 1. The molecule has 2 heterocycles. The molecular weight excluding hydrogens is 355 g/mol. The van der Waals surface area contributed by atoms with Gasteiger partial charge in [-0.3, -0.25) is 0 Å². The van der Waals surface area contributed by atoms with E-state index in [1.54, 1.807) is 0 Å². The van der Waals surface area contributed by atoms with Gasteiger partial charge in [0.05, 0.1) is 30.0 Å². The highest BCUT2D eigenvalue weighted by atomic mass is 17.2. The van der Waals surface area contributed by atoms with Gasteiger partial charge in [0.15, 0.2) is 0 Å². The van der Waals surface area contributed by atoms with Gasteiger partial charge >= 0.3 is 7.12 Å². The maximum atomic E-state index is 6.03. The molecule has 0 aromatic heterocycles. The standard InChI is InChI=1S/C12H23BN2O4.C3H8.3C2H6/c1-11(2)12(3,4)19-13(18-11)10-7-9(8-17-16-6)14-15(10)5;1-3-2;3*1-2/h7,9,14H,8H2,1-6H3;3H2,1-2H3;3*1-2H3. The van der Waals surface area contributed by atoms with Crippen LogP contribution in [0.1, 0.15) is 89.5 Å². The lowest BCUT2D eigenvalue weighted by atomic mass is 9.83. The Morgan fingerprint density at radius 1 is 1.00 bits per heavy atom. The van der Waals surface area contributed by atoms with Crippen molar-refractivity contribution in [1.29, 1.82) is 0 Å². The molecule has 6 nitrogen and oxygen atoms in total. The first-order chi connectivity index (χ1) is 13.2. The van der Waals surface area contributed by atoms with Crippen LogP contribution in [-0.2, 0) is 19.1 Å². The fourth-order valence-corrected chi connectivity index (χ4v) is 2.11. The molecule has 0 spiro atoms. The van der Waals surface area contributed by atoms with Crippen molar-refractivity contribution in [1.82, 2.24) is 10.4 Å². The van der Waals surface area contributed by atoms with Gasteiger partial charge in [0.25, 0.3) is 0 Å². The summed E-state index contributed by atoms with van der Waals surface area (Å²) in [4.78, 5) is 9.56. The fourth-order valence-electron chi connectivity index (χ4n) is 2.11. The first kappa shape index (κ1) is 32.1. The van der Waals surface area contributed by atoms with E-state index in [9.17, 15) is 0 Å². The molecule has 2 aliphatic rings. The summed E-state index contributed by atoms with van der Waals surface area (Å²) >= 11 is 0. The summed E-state index contributed by atoms with van der Waals surface area (Å²) in [5, 5.41) is 1.91. The van der Waals surface area contributed by atoms with Crippen LogP contribution in [-0.4, -0.2) is 50.1 Å². The zero-order valence-electron chi connectivity index (χ0n) is 21.2. The van der Waals surface area contributed by atoms with E-state index >= 15 is 0 Å². The van der Waals surface area contributed by atoms with Crippen molar-refractivity contribution in [3.8, 4) is 0 Å². The van der Waals surface area contributed by atoms with E-state index in [2.05, 4.69) is 24.2 Å². The van der Waals surface area contributed by atoms with E-state index in [1.807, 2.05) is 87.4 Å². The molecule has 0 amide bonds. The Morgan fingerprint density at radius 3 is 1.75 bits per heavy atom. The highest BCUT2D eigenvalue weighted by molar-refractivity contribution is 6.54. The zero-order chi connectivity index (χ0) is 23.0. The molecule has 0 bridgehead atoms. The summed E-state index contributed by atoms with van der Waals surface area (Å²) in [6.45, 7) is 24.9. The SMILES string of the molecule is CC.CC.CC.CCC.COOCC1C=C(B2OC(C)(C)C(C)(C)O2)N(C)N1. The van der Waals surface area contributed by atoms with Gasteiger partial charge in [0.2, 0.25) is 0 Å². The largest absolute Gasteiger partial charge is 0.513 e. The molecular formula is C21H49BN2O4. The van der Waals surface area contributed by atoms with Crippen LogP contribution in [0.5, 0.6) is 0 Å². The van der Waals surface area contributed by atoms with Gasteiger partial charge in [-0.05, 0) is 33.8 Å². The Hall–Kier alpha value is -0.595. The van der Waals surface area contributed by atoms with Gasteiger partial charge < -0.3 is 14.3 Å². The van der Waals surface area contributed by atoms with Gasteiger partial charge in [-0.2, -0.15) is 0 Å². The fraction of sp³-hybridized carbons (Fsp3) is 0.905. The molecule has 28 heavy (non-hydrogen) atoms. The summed E-state index contributed by atoms with van der Waals surface area (Å²) < 4.78 is 12.1. The van der Waals surface area contributed by atoms with Crippen LogP contribution in [0.3, 0.4) is 0 Å². The molecule has 2 rings (SSSR count). The van der Waals surface area contributed by atoms with Crippen molar-refractivity contribution >= 4 is 7.12 Å². The predicted molar refractivity (Wildman–Crippen MR) is 122 cm³/mol. The molecule has 170 valence electrons. The van der Waals surface area contributed by atoms with Crippen LogP contribution in [0, 0.1) is 0 Å². The highest BCUT2D eigenvalue weighted by Gasteiger charge is 2.54. The third kappa shape index (κ3) is 10.3. The quantitative estimate of drug-likeness (QED) is 0.385. The third-order valence-electron chi connectivity index (χ3n) is 3.98. The van der Waals surface area contributed by atoms with Crippen molar-refractivity contribution in [2.24, 2.45) is 0 Å². The van der Waals surface area contributed by atoms with Gasteiger partial charge in [0.1, 0.15) is 6.61 Å². The van der Waals surface area contributed by atoms with Crippen LogP contribution in [0.4, 0.5) is 0 Å². The van der Waals surface area contributed by atoms with E-state index < -0.39 is 0 Å². The smallest absolute Gasteiger partial charge is 0.398 e. The maximum absolute atomic E-state index is 6.03. The molecule has 0 radical (unpaired) electrons. The van der Waals surface area contributed by atoms with E-state index in [-0.39, 0.29) is 24.4 Å². The predicted octanol–water partition coefficient (Wildman–Crippen LogP) is 5.39. The molecule has 1 unspecified atom stereocenters. The molecule has 0 aromatic carbocycles. The summed E-state index contributed by atoms with van der Waals surface area (Å²) in [5.41, 5.74) is 3.54. The van der Waals surface area contributed by atoms with Crippen molar-refractivity contribution < 1.29 is 19.1 Å². The number of nitrogens with one attached hydrogen (secondary N) is 1. The van der Waals surface area contributed by atoms with Gasteiger partial charge in [-0.1, -0.05) is 61.8 Å². The first-order valence-electron chi connectivity index (χ1n) is 10.9. The van der Waals surface area contributed by atoms with Crippen molar-refractivity contribution in [2.75, 3.05) is 20.8 Å². The Bertz CT molecular complexity index is 375. The summed E-state index contributed by atoms with van der Waals surface area (Å²) in [7, 11) is 3.07. The van der Waals surface area contributed by atoms with E-state index in [4.69, 9.17) is 14.2 Å². The summed E-state index contributed by atoms with van der Waals surface area (Å²) in [6, 6.07) is 0.0546. The monoisotopic (exact) mass is 404 g/mol. The van der Waals surface area contributed by atoms with Crippen molar-refractivity contribution in [3.05, 3.63) is 11.7 Å². The van der Waals surface area contributed by atoms with Gasteiger partial charge in [-0.25, -0.2) is 15.2 Å². The molecule has 1 atom stereocenters. The molecule has 0 aliphatic carbocycles. The summed E-state index contributed by atoms with van der Waals surface area (Å²) in [6.07, 6.45) is 3.29. The lowest BCUT2D eigenvalue weighted by molar-refractivity contribution is -0.274. The Morgan fingerprint density at radius 2 is 1.39 bits per heavy atom. The second-order valence-electron chi connectivity index (χ2n) is 6.63. The van der Waals surface area contributed by atoms with Crippen molar-refractivity contribution in [3.63, 3.8) is 0 Å². The average molecular weight is 404 g/mol. The highest BCUT2D eigenvalue weighted by Crippen LogP contribution is 2.39. The second kappa shape index (κ2) is 17.3. The van der Waals surface area contributed by atoms with E-state index in [0.717, 1.165) is 5.60 Å². The molecule has 0 saturated carbocycles. The van der Waals surface area contributed by atoms with Crippen LogP contribution >= 0.6 is 0 Å². The second-order valence-corrected chi connectivity index (χ2v) is 6.63. The van der Waals surface area contributed by atoms with E-state index in [1.165, 1.54) is 13.5 Å². The lowest BCUT2D eigenvalue weighted by Gasteiger charge is -2.32. The number of rotatable bonds is 4. The lowest BCUT2D eigenvalue weighted by Crippen LogP contribution is -2.41. The van der Waals surface area contributed by atoms with Gasteiger partial charge in [-0.15, -0.1) is 0 Å². The zero-order valence-corrected chi connectivity index (χ0v) is 21.2. The molecule has 2 aliphatic heterocycles. The van der Waals surface area contributed by atoms with Gasteiger partial charge in [0, 0.05) is 7.05 Å². The van der Waals surface area contributed by atoms with Crippen molar-refractivity contribution in [2.45, 2.75) is 107 Å². The molecule has 0 aromatic rings. The van der Waals surface area contributed by atoms with Crippen LogP contribution in [0.15, 0.2) is 11.7 Å². The average Bonchev–Trinajstić information content (AvgIpc) is 3.15. The first-order valence-corrected chi connectivity index (χ1v) is 10.9. The number of hydrogen-bond donors (Lipinski definition) is 1. The Kier molecular flexibility index (Phi) is 19.8. The minimum atomic E-state index is -0.366. The maximum Gasteiger partial charge on any atom is 0.513 e. The molecule has 1 N–H and O–H groups in total. The normalized spacial score (nSPS) is 20.9.